The average molecular weight is 1080 g/mol. The van der Waals surface area contributed by atoms with Crippen LogP contribution >= 0.6 is 0 Å². The lowest BCUT2D eigenvalue weighted by Gasteiger charge is -2.34. The van der Waals surface area contributed by atoms with E-state index in [0.29, 0.717) is 0 Å². The maximum Gasteiger partial charge on any atom is 0.0713 e. The fraction of sp³-hybridized carbons (Fsp3) is 0.0824. The van der Waals surface area contributed by atoms with Crippen molar-refractivity contribution in [2.75, 3.05) is 0 Å². The molecule has 0 heteroatoms. The largest absolute Gasteiger partial charge is 0.0713 e. The minimum atomic E-state index is -0.529. The van der Waals surface area contributed by atoms with E-state index >= 15 is 0 Å². The number of rotatable bonds is 11. The van der Waals surface area contributed by atoms with Crippen LogP contribution in [0.4, 0.5) is 0 Å². The fourth-order valence-electron chi connectivity index (χ4n) is 15.8. The highest BCUT2D eigenvalue weighted by atomic mass is 14.5. The summed E-state index contributed by atoms with van der Waals surface area (Å²) in [5.41, 5.74) is 31.8. The van der Waals surface area contributed by atoms with Crippen molar-refractivity contribution in [3.8, 4) is 89.0 Å². The Kier molecular flexibility index (Phi) is 11.9. The Hall–Kier alpha value is -10.1. The fourth-order valence-corrected chi connectivity index (χ4v) is 15.8. The predicted molar refractivity (Wildman–Crippen MR) is 355 cm³/mol. The smallest absolute Gasteiger partial charge is 0.0642 e. The maximum absolute atomic E-state index is 2.54. The topological polar surface area (TPSA) is 0 Å². The molecular formula is C85H62. The highest BCUT2D eigenvalue weighted by Gasteiger charge is 2.48. The molecule has 0 aromatic heterocycles. The molecule has 0 radical (unpaired) electrons. The van der Waals surface area contributed by atoms with Crippen molar-refractivity contribution in [1.29, 1.82) is 0 Å². The van der Waals surface area contributed by atoms with Gasteiger partial charge in [0, 0.05) is 5.41 Å². The van der Waals surface area contributed by atoms with E-state index in [0.717, 1.165) is 12.8 Å². The third-order valence-corrected chi connectivity index (χ3v) is 19.7. The highest BCUT2D eigenvalue weighted by molar-refractivity contribution is 5.94. The van der Waals surface area contributed by atoms with E-state index in [1.165, 1.54) is 145 Å². The van der Waals surface area contributed by atoms with Crippen molar-refractivity contribution in [3.63, 3.8) is 0 Å². The van der Waals surface area contributed by atoms with Crippen molar-refractivity contribution in [2.24, 2.45) is 0 Å². The van der Waals surface area contributed by atoms with E-state index < -0.39 is 10.8 Å². The van der Waals surface area contributed by atoms with Crippen LogP contribution in [-0.4, -0.2) is 0 Å². The normalized spacial score (nSPS) is 14.1. The Bertz CT molecular complexity index is 4620. The van der Waals surface area contributed by atoms with Gasteiger partial charge in [-0.3, -0.25) is 0 Å². The molecule has 0 fully saturated rings. The molecule has 0 atom stereocenters. The van der Waals surface area contributed by atoms with Gasteiger partial charge >= 0.3 is 0 Å². The quantitative estimate of drug-likeness (QED) is 0.121. The molecule has 0 spiro atoms. The minimum Gasteiger partial charge on any atom is -0.0642 e. The molecule has 85 heavy (non-hydrogen) atoms. The van der Waals surface area contributed by atoms with Gasteiger partial charge in [0.15, 0.2) is 0 Å². The lowest BCUT2D eigenvalue weighted by Crippen LogP contribution is -2.28. The summed E-state index contributed by atoms with van der Waals surface area (Å²) >= 11 is 0. The van der Waals surface area contributed by atoms with Gasteiger partial charge in [0.2, 0.25) is 0 Å². The maximum atomic E-state index is 2.54. The molecule has 16 rings (SSSR count). The molecule has 402 valence electrons. The van der Waals surface area contributed by atoms with Crippen LogP contribution in [0.15, 0.2) is 315 Å². The molecule has 0 aliphatic heterocycles. The van der Waals surface area contributed by atoms with Crippen molar-refractivity contribution in [1.82, 2.24) is 0 Å². The van der Waals surface area contributed by atoms with Gasteiger partial charge < -0.3 is 0 Å². The summed E-state index contributed by atoms with van der Waals surface area (Å²) in [4.78, 5) is 0. The molecule has 0 nitrogen and oxygen atoms in total. The average Bonchev–Trinajstić information content (AvgIpc) is 1.73. The summed E-state index contributed by atoms with van der Waals surface area (Å²) in [6, 6.07) is 120. The summed E-state index contributed by atoms with van der Waals surface area (Å²) < 4.78 is 0. The number of hydrogen-bond donors (Lipinski definition) is 0. The molecule has 0 heterocycles. The first-order valence-corrected chi connectivity index (χ1v) is 30.3. The lowest BCUT2D eigenvalue weighted by atomic mass is 9.67. The van der Waals surface area contributed by atoms with Crippen LogP contribution in [0.25, 0.3) is 89.0 Å². The Labute approximate surface area is 500 Å². The van der Waals surface area contributed by atoms with Crippen LogP contribution in [-0.2, 0) is 16.2 Å². The van der Waals surface area contributed by atoms with Crippen molar-refractivity contribution >= 4 is 0 Å². The van der Waals surface area contributed by atoms with Gasteiger partial charge in [-0.1, -0.05) is 275 Å². The van der Waals surface area contributed by atoms with E-state index in [1.54, 1.807) is 0 Å². The first-order valence-electron chi connectivity index (χ1n) is 30.3. The predicted octanol–water partition coefficient (Wildman–Crippen LogP) is 21.8. The summed E-state index contributed by atoms with van der Waals surface area (Å²) in [6.07, 6.45) is 2.07. The molecule has 0 N–H and O–H groups in total. The third-order valence-electron chi connectivity index (χ3n) is 19.7. The summed E-state index contributed by atoms with van der Waals surface area (Å²) in [6.45, 7) is 4.75. The third kappa shape index (κ3) is 7.61. The second kappa shape index (κ2) is 20.0. The number of benzene rings is 13. The van der Waals surface area contributed by atoms with E-state index in [1.807, 2.05) is 0 Å². The van der Waals surface area contributed by atoms with Gasteiger partial charge in [0.1, 0.15) is 0 Å². The highest BCUT2D eigenvalue weighted by Crippen LogP contribution is 2.59. The van der Waals surface area contributed by atoms with E-state index in [-0.39, 0.29) is 5.41 Å². The lowest BCUT2D eigenvalue weighted by molar-refractivity contribution is 0.490. The molecule has 3 aliphatic carbocycles. The van der Waals surface area contributed by atoms with Gasteiger partial charge in [0.05, 0.1) is 10.8 Å². The van der Waals surface area contributed by atoms with E-state index in [2.05, 4.69) is 329 Å². The van der Waals surface area contributed by atoms with Crippen molar-refractivity contribution in [2.45, 2.75) is 42.9 Å². The zero-order valence-electron chi connectivity index (χ0n) is 47.9. The molecule has 0 saturated heterocycles. The molecule has 13 aromatic rings. The molecule has 3 aliphatic rings. The van der Waals surface area contributed by atoms with Gasteiger partial charge in [-0.2, -0.15) is 0 Å². The SMILES string of the molecule is CCC1(CC)c2ccccc2-c2ccc(-c3cc(-c4cc(-c5ccccc5)cc(-c5ccc6c(c5)C(c5ccccc5)(c5ccccc5)c5ccccc5-6)c4)cc(-c4ccc5c(c4)C(c4ccccc4)(c4ccccc4)c4ccccc4-5)c3)cc21. The van der Waals surface area contributed by atoms with Crippen molar-refractivity contribution < 1.29 is 0 Å². The Morgan fingerprint density at radius 1 is 0.188 bits per heavy atom. The van der Waals surface area contributed by atoms with Gasteiger partial charge in [0.25, 0.3) is 0 Å². The molecule has 13 aromatic carbocycles. The monoisotopic (exact) mass is 1080 g/mol. The Morgan fingerprint density at radius 2 is 0.447 bits per heavy atom. The van der Waals surface area contributed by atoms with E-state index in [4.69, 9.17) is 0 Å². The van der Waals surface area contributed by atoms with Crippen LogP contribution in [0.2, 0.25) is 0 Å². The number of hydrogen-bond acceptors (Lipinski definition) is 0. The van der Waals surface area contributed by atoms with Crippen LogP contribution in [0.1, 0.15) is 82.3 Å². The van der Waals surface area contributed by atoms with Crippen LogP contribution in [0.5, 0.6) is 0 Å². The second-order valence-corrected chi connectivity index (χ2v) is 23.6. The zero-order valence-corrected chi connectivity index (χ0v) is 47.9. The van der Waals surface area contributed by atoms with Crippen molar-refractivity contribution in [3.05, 3.63) is 371 Å². The van der Waals surface area contributed by atoms with Gasteiger partial charge in [-0.05, 0) is 212 Å². The van der Waals surface area contributed by atoms with Gasteiger partial charge in [-0.25, -0.2) is 0 Å². The van der Waals surface area contributed by atoms with Crippen LogP contribution < -0.4 is 0 Å². The second-order valence-electron chi connectivity index (χ2n) is 23.6. The summed E-state index contributed by atoms with van der Waals surface area (Å²) in [5, 5.41) is 0. The van der Waals surface area contributed by atoms with Crippen LogP contribution in [0, 0.1) is 0 Å². The molecule has 0 bridgehead atoms. The molecular weight excluding hydrogens is 1020 g/mol. The first-order chi connectivity index (χ1) is 42.0. The molecule has 0 amide bonds. The minimum absolute atomic E-state index is 0.0651. The van der Waals surface area contributed by atoms with Crippen LogP contribution in [0.3, 0.4) is 0 Å². The molecule has 0 saturated carbocycles. The Morgan fingerprint density at radius 3 is 0.812 bits per heavy atom. The number of fused-ring (bicyclic) bond motifs is 9. The van der Waals surface area contributed by atoms with Gasteiger partial charge in [-0.15, -0.1) is 0 Å². The summed E-state index contributed by atoms with van der Waals surface area (Å²) in [5.74, 6) is 0. The zero-order chi connectivity index (χ0) is 56.7. The standard InChI is InChI=1S/C85H62/c1-3-83(4-2)77-39-23-20-36-71(77)74-45-42-58(54-80(74)83)63-50-64(60-44-47-76-73-38-22-25-41-79(73)85(82(76)56-60,69-32-16-8-17-33-69)70-34-18-9-19-35-70)53-66(52-63)65-49-61(57-26-10-5-11-27-57)48-62(51-65)59-43-46-75-72-37-21-24-40-78(72)84(81(75)55-59,67-28-12-6-13-29-67)68-30-14-7-15-31-68/h5-56H,3-4H2,1-2H3. The first kappa shape index (κ1) is 50.6. The summed E-state index contributed by atoms with van der Waals surface area (Å²) in [7, 11) is 0. The Balaban J connectivity index is 0.936. The molecule has 0 unspecified atom stereocenters. The van der Waals surface area contributed by atoms with E-state index in [9.17, 15) is 0 Å².